The van der Waals surface area contributed by atoms with E-state index >= 15 is 0 Å². The summed E-state index contributed by atoms with van der Waals surface area (Å²) in [7, 11) is 0. The maximum Gasteiger partial charge on any atom is 0.372 e. The Balaban J connectivity index is 1.84. The zero-order valence-corrected chi connectivity index (χ0v) is 11.9. The van der Waals surface area contributed by atoms with Crippen molar-refractivity contribution in [1.29, 1.82) is 0 Å². The standard InChI is InChI=1S/C12H14N4O4S/c17-11(18)7-2-1-3-8(6-7)13-9-10(16(19)20)15-4-5-21-12(15)14-9/h4-5,7-8,13H,1-3,6H2,(H,17,18). The topological polar surface area (TPSA) is 110 Å². The van der Waals surface area contributed by atoms with Crippen LogP contribution in [0.25, 0.3) is 4.96 Å². The summed E-state index contributed by atoms with van der Waals surface area (Å²) in [5.41, 5.74) is 0. The van der Waals surface area contributed by atoms with Crippen LogP contribution < -0.4 is 5.32 Å². The van der Waals surface area contributed by atoms with Crippen LogP contribution in [-0.4, -0.2) is 31.4 Å². The Morgan fingerprint density at radius 3 is 3.10 bits per heavy atom. The van der Waals surface area contributed by atoms with Gasteiger partial charge in [-0.25, -0.2) is 0 Å². The summed E-state index contributed by atoms with van der Waals surface area (Å²) < 4.78 is 1.44. The zero-order chi connectivity index (χ0) is 15.0. The summed E-state index contributed by atoms with van der Waals surface area (Å²) in [6, 6.07) is -0.0943. The fourth-order valence-corrected chi connectivity index (χ4v) is 3.49. The highest BCUT2D eigenvalue weighted by Gasteiger charge is 2.30. The van der Waals surface area contributed by atoms with Gasteiger partial charge in [0.1, 0.15) is 6.20 Å². The molecule has 1 aliphatic carbocycles. The van der Waals surface area contributed by atoms with E-state index < -0.39 is 10.9 Å². The van der Waals surface area contributed by atoms with Crippen LogP contribution in [0.2, 0.25) is 0 Å². The van der Waals surface area contributed by atoms with E-state index in [4.69, 9.17) is 5.11 Å². The molecule has 0 aliphatic heterocycles. The van der Waals surface area contributed by atoms with E-state index in [0.29, 0.717) is 17.8 Å². The number of nitrogens with one attached hydrogen (secondary N) is 1. The number of anilines is 1. The summed E-state index contributed by atoms with van der Waals surface area (Å²) in [4.78, 5) is 26.6. The minimum atomic E-state index is -0.804. The number of fused-ring (bicyclic) bond motifs is 1. The van der Waals surface area contributed by atoms with Gasteiger partial charge in [0.2, 0.25) is 5.82 Å². The highest BCUT2D eigenvalue weighted by Crippen LogP contribution is 2.32. The summed E-state index contributed by atoms with van der Waals surface area (Å²) in [5, 5.41) is 25.1. The molecule has 9 heteroatoms. The fourth-order valence-electron chi connectivity index (χ4n) is 2.78. The highest BCUT2D eigenvalue weighted by atomic mass is 32.1. The summed E-state index contributed by atoms with van der Waals surface area (Å²) in [6.45, 7) is 0. The van der Waals surface area contributed by atoms with Crippen molar-refractivity contribution in [2.75, 3.05) is 5.32 Å². The Bertz CT molecular complexity index is 695. The van der Waals surface area contributed by atoms with E-state index in [1.54, 1.807) is 11.6 Å². The number of hydrogen-bond donors (Lipinski definition) is 2. The van der Waals surface area contributed by atoms with Crippen molar-refractivity contribution in [2.24, 2.45) is 5.92 Å². The van der Waals surface area contributed by atoms with E-state index in [9.17, 15) is 14.9 Å². The molecule has 1 aliphatic rings. The zero-order valence-electron chi connectivity index (χ0n) is 11.1. The Kier molecular flexibility index (Phi) is 3.50. The molecule has 2 heterocycles. The molecule has 0 saturated heterocycles. The van der Waals surface area contributed by atoms with Gasteiger partial charge in [0.05, 0.1) is 5.92 Å². The lowest BCUT2D eigenvalue weighted by molar-refractivity contribution is -0.389. The quantitative estimate of drug-likeness (QED) is 0.662. The summed E-state index contributed by atoms with van der Waals surface area (Å²) >= 11 is 1.32. The van der Waals surface area contributed by atoms with Gasteiger partial charge in [-0.3, -0.25) is 4.79 Å². The number of aromatic nitrogens is 2. The normalized spacial score (nSPS) is 22.3. The monoisotopic (exact) mass is 310 g/mol. The van der Waals surface area contributed by atoms with Crippen molar-refractivity contribution in [3.05, 3.63) is 21.7 Å². The minimum absolute atomic E-state index is 0.0938. The number of nitrogens with zero attached hydrogens (tertiary/aromatic N) is 3. The van der Waals surface area contributed by atoms with Crippen molar-refractivity contribution in [3.63, 3.8) is 0 Å². The summed E-state index contributed by atoms with van der Waals surface area (Å²) in [6.07, 6.45) is 4.33. The van der Waals surface area contributed by atoms with E-state index in [0.717, 1.165) is 12.8 Å². The largest absolute Gasteiger partial charge is 0.481 e. The first-order valence-electron chi connectivity index (χ1n) is 6.65. The number of hydrogen-bond acceptors (Lipinski definition) is 6. The Hall–Kier alpha value is -2.16. The van der Waals surface area contributed by atoms with Gasteiger partial charge >= 0.3 is 11.8 Å². The van der Waals surface area contributed by atoms with Crippen LogP contribution in [0.3, 0.4) is 0 Å². The van der Waals surface area contributed by atoms with Crippen molar-refractivity contribution in [2.45, 2.75) is 31.7 Å². The molecule has 0 aromatic carbocycles. The molecule has 0 bridgehead atoms. The van der Waals surface area contributed by atoms with Crippen LogP contribution in [0.15, 0.2) is 11.6 Å². The minimum Gasteiger partial charge on any atom is -0.481 e. The van der Waals surface area contributed by atoms with Crippen LogP contribution in [0.5, 0.6) is 0 Å². The number of aliphatic carboxylic acids is 1. The SMILES string of the molecule is O=C(O)C1CCCC(Nc2nc3sccn3c2[N+](=O)[O-])C1. The third-order valence-electron chi connectivity index (χ3n) is 3.77. The maximum atomic E-state index is 11.2. The van der Waals surface area contributed by atoms with Crippen molar-refractivity contribution < 1.29 is 14.8 Å². The molecule has 1 fully saturated rings. The first kappa shape index (κ1) is 13.8. The first-order valence-corrected chi connectivity index (χ1v) is 7.53. The molecule has 8 nitrogen and oxygen atoms in total. The van der Waals surface area contributed by atoms with Gasteiger partial charge in [0.15, 0.2) is 0 Å². The van der Waals surface area contributed by atoms with Crippen molar-refractivity contribution in [3.8, 4) is 0 Å². The highest BCUT2D eigenvalue weighted by molar-refractivity contribution is 7.15. The van der Waals surface area contributed by atoms with E-state index in [1.807, 2.05) is 0 Å². The lowest BCUT2D eigenvalue weighted by Gasteiger charge is -2.27. The van der Waals surface area contributed by atoms with Crippen molar-refractivity contribution in [1.82, 2.24) is 9.38 Å². The predicted octanol–water partition coefficient (Wildman–Crippen LogP) is 2.36. The van der Waals surface area contributed by atoms with Crippen LogP contribution in [0, 0.1) is 16.0 Å². The van der Waals surface area contributed by atoms with Gasteiger partial charge in [0.25, 0.3) is 4.96 Å². The molecule has 2 aromatic heterocycles. The summed E-state index contributed by atoms with van der Waals surface area (Å²) in [5.74, 6) is -1.06. The van der Waals surface area contributed by atoms with Crippen LogP contribution in [0.1, 0.15) is 25.7 Å². The number of carboxylic acids is 1. The average Bonchev–Trinajstić information content (AvgIpc) is 2.98. The lowest BCUT2D eigenvalue weighted by Crippen LogP contribution is -2.31. The second kappa shape index (κ2) is 5.32. The number of nitro groups is 1. The smallest absolute Gasteiger partial charge is 0.372 e. The molecule has 0 radical (unpaired) electrons. The number of carbonyl (C=O) groups is 1. The third kappa shape index (κ3) is 2.56. The van der Waals surface area contributed by atoms with E-state index in [1.165, 1.54) is 15.7 Å². The number of imidazole rings is 1. The fraction of sp³-hybridized carbons (Fsp3) is 0.500. The molecule has 2 unspecified atom stereocenters. The number of thiazole rings is 1. The Morgan fingerprint density at radius 2 is 2.38 bits per heavy atom. The second-order valence-corrected chi connectivity index (χ2v) is 6.01. The van der Waals surface area contributed by atoms with E-state index in [2.05, 4.69) is 10.3 Å². The lowest BCUT2D eigenvalue weighted by atomic mass is 9.86. The Morgan fingerprint density at radius 1 is 1.57 bits per heavy atom. The van der Waals surface area contributed by atoms with Gasteiger partial charge in [-0.2, -0.15) is 9.38 Å². The van der Waals surface area contributed by atoms with E-state index in [-0.39, 0.29) is 23.6 Å². The van der Waals surface area contributed by atoms with Gasteiger partial charge in [0, 0.05) is 11.4 Å². The maximum absolute atomic E-state index is 11.2. The first-order chi connectivity index (χ1) is 10.1. The molecule has 0 spiro atoms. The van der Waals surface area contributed by atoms with Crippen molar-refractivity contribution >= 4 is 33.9 Å². The van der Waals surface area contributed by atoms with Gasteiger partial charge in [-0.05, 0) is 24.2 Å². The molecule has 2 atom stereocenters. The number of rotatable bonds is 4. The molecule has 2 aromatic rings. The molecule has 1 saturated carbocycles. The molecular weight excluding hydrogens is 296 g/mol. The second-order valence-electron chi connectivity index (χ2n) is 5.14. The van der Waals surface area contributed by atoms with Crippen LogP contribution in [0.4, 0.5) is 11.6 Å². The molecular formula is C12H14N4O4S. The number of carboxylic acid groups (broad SMARTS) is 1. The molecule has 3 rings (SSSR count). The third-order valence-corrected chi connectivity index (χ3v) is 4.53. The molecule has 112 valence electrons. The Labute approximate surface area is 123 Å². The predicted molar refractivity (Wildman–Crippen MR) is 76.7 cm³/mol. The molecule has 21 heavy (non-hydrogen) atoms. The van der Waals surface area contributed by atoms with Gasteiger partial charge in [-0.15, -0.1) is 0 Å². The molecule has 0 amide bonds. The van der Waals surface area contributed by atoms with Gasteiger partial charge < -0.3 is 20.5 Å². The molecule has 2 N–H and O–H groups in total. The van der Waals surface area contributed by atoms with Gasteiger partial charge in [-0.1, -0.05) is 17.8 Å². The van der Waals surface area contributed by atoms with Crippen LogP contribution in [-0.2, 0) is 4.79 Å². The average molecular weight is 310 g/mol. The van der Waals surface area contributed by atoms with Crippen LogP contribution >= 0.6 is 11.3 Å².